The molecule has 4 aliphatic heterocycles. The molecule has 5 atom stereocenters. The number of nitrogens with one attached hydrogen (secondary N) is 2. The molecule has 10 heteroatoms. The van der Waals surface area contributed by atoms with E-state index in [9.17, 15) is 29.0 Å². The van der Waals surface area contributed by atoms with E-state index in [0.29, 0.717) is 23.4 Å². The number of rotatable bonds is 4. The Labute approximate surface area is 199 Å². The number of carbonyl (C=O) groups is 3. The van der Waals surface area contributed by atoms with E-state index in [-0.39, 0.29) is 30.6 Å². The summed E-state index contributed by atoms with van der Waals surface area (Å²) in [5.74, 6) is -4.47. The van der Waals surface area contributed by atoms with Crippen LogP contribution in [-0.2, 0) is 31.1 Å². The lowest BCUT2D eigenvalue weighted by Gasteiger charge is -2.30. The summed E-state index contributed by atoms with van der Waals surface area (Å²) in [5.41, 5.74) is -0.314. The maximum absolute atomic E-state index is 14.3. The number of anilines is 1. The van der Waals surface area contributed by atoms with E-state index in [2.05, 4.69) is 10.6 Å². The Morgan fingerprint density at radius 2 is 1.91 bits per heavy atom. The zero-order chi connectivity index (χ0) is 24.5. The lowest BCUT2D eigenvalue weighted by molar-refractivity contribution is -0.144. The molecule has 0 aliphatic carbocycles. The standard InChI is InChI=1S/C25H24FN3O6/c26-13-4-5-16-15(10-13)25(24(34)27-16)21-20(17(28-25)8-12-3-6-18(30)19(31)9-12)22(32)29(23(21)33)11-14-2-1-7-35-14/h3-6,9-10,14,17,20-21,28,30-31H,1-2,7-8,11H2,(H,27,34)/t14?,17-,20-,21+,25+/m0/s1. The number of carbonyl (C=O) groups excluding carboxylic acids is 3. The maximum Gasteiger partial charge on any atom is 0.250 e. The van der Waals surface area contributed by atoms with Gasteiger partial charge in [0.15, 0.2) is 11.5 Å². The highest BCUT2D eigenvalue weighted by Gasteiger charge is 2.70. The first-order valence-corrected chi connectivity index (χ1v) is 11.7. The molecule has 6 rings (SSSR count). The molecule has 4 aliphatic rings. The number of ether oxygens (including phenoxy) is 1. The van der Waals surface area contributed by atoms with Crippen molar-refractivity contribution in [3.05, 3.63) is 53.3 Å². The van der Waals surface area contributed by atoms with Crippen LogP contribution >= 0.6 is 0 Å². The molecule has 3 saturated heterocycles. The average Bonchev–Trinajstić information content (AvgIpc) is 3.56. The first kappa shape index (κ1) is 22.0. The summed E-state index contributed by atoms with van der Waals surface area (Å²) in [4.78, 5) is 42.0. The van der Waals surface area contributed by atoms with Crippen molar-refractivity contribution in [1.82, 2.24) is 10.2 Å². The van der Waals surface area contributed by atoms with Gasteiger partial charge in [-0.05, 0) is 55.2 Å². The third-order valence-corrected chi connectivity index (χ3v) is 7.67. The topological polar surface area (TPSA) is 128 Å². The van der Waals surface area contributed by atoms with Gasteiger partial charge in [-0.1, -0.05) is 6.07 Å². The van der Waals surface area contributed by atoms with E-state index in [4.69, 9.17) is 4.74 Å². The fourth-order valence-electron chi connectivity index (χ4n) is 6.13. The lowest BCUT2D eigenvalue weighted by Crippen LogP contribution is -2.54. The van der Waals surface area contributed by atoms with Crippen molar-refractivity contribution in [2.45, 2.75) is 36.9 Å². The van der Waals surface area contributed by atoms with Crippen molar-refractivity contribution in [3.63, 3.8) is 0 Å². The molecular formula is C25H24FN3O6. The summed E-state index contributed by atoms with van der Waals surface area (Å²) in [6.07, 6.45) is 1.53. The predicted octanol–water partition coefficient (Wildman–Crippen LogP) is 1.38. The molecule has 3 fully saturated rings. The van der Waals surface area contributed by atoms with Gasteiger partial charge in [-0.25, -0.2) is 4.39 Å². The molecule has 1 spiro atoms. The lowest BCUT2D eigenvalue weighted by atomic mass is 9.76. The number of nitrogens with zero attached hydrogens (tertiary/aromatic N) is 1. The number of phenolic OH excluding ortho intramolecular Hbond substituents is 2. The molecule has 35 heavy (non-hydrogen) atoms. The summed E-state index contributed by atoms with van der Waals surface area (Å²) in [6, 6.07) is 7.57. The third-order valence-electron chi connectivity index (χ3n) is 7.67. The van der Waals surface area contributed by atoms with Crippen molar-refractivity contribution in [2.75, 3.05) is 18.5 Å². The molecule has 0 aromatic heterocycles. The number of hydrogen-bond donors (Lipinski definition) is 4. The van der Waals surface area contributed by atoms with Crippen LogP contribution in [-0.4, -0.2) is 58.1 Å². The van der Waals surface area contributed by atoms with Crippen LogP contribution in [0.15, 0.2) is 36.4 Å². The fraction of sp³-hybridized carbons (Fsp3) is 0.400. The SMILES string of the molecule is O=C1[C@H]2[C@H](Cc3ccc(O)c(O)c3)N[C@@]3(C(=O)Nc4ccc(F)cc43)[C@H]2C(=O)N1CC1CCCO1. The highest BCUT2D eigenvalue weighted by molar-refractivity contribution is 6.15. The number of benzene rings is 2. The third kappa shape index (κ3) is 3.16. The first-order valence-electron chi connectivity index (χ1n) is 11.7. The number of amides is 3. The second kappa shape index (κ2) is 7.76. The van der Waals surface area contributed by atoms with Gasteiger partial charge in [0.2, 0.25) is 17.7 Å². The summed E-state index contributed by atoms with van der Waals surface area (Å²) < 4.78 is 20.0. The zero-order valence-corrected chi connectivity index (χ0v) is 18.7. The monoisotopic (exact) mass is 481 g/mol. The Bertz CT molecular complexity index is 1260. The van der Waals surface area contributed by atoms with E-state index < -0.39 is 47.0 Å². The van der Waals surface area contributed by atoms with E-state index in [1.807, 2.05) is 0 Å². The molecular weight excluding hydrogens is 457 g/mol. The van der Waals surface area contributed by atoms with Crippen LogP contribution in [0.5, 0.6) is 11.5 Å². The number of fused-ring (bicyclic) bond motifs is 4. The Balaban J connectivity index is 1.43. The van der Waals surface area contributed by atoms with Crippen LogP contribution in [0.2, 0.25) is 0 Å². The summed E-state index contributed by atoms with van der Waals surface area (Å²) in [5, 5.41) is 25.6. The van der Waals surface area contributed by atoms with Gasteiger partial charge in [0, 0.05) is 23.9 Å². The smallest absolute Gasteiger partial charge is 0.250 e. The maximum atomic E-state index is 14.3. The minimum Gasteiger partial charge on any atom is -0.504 e. The Morgan fingerprint density at radius 3 is 2.66 bits per heavy atom. The summed E-state index contributed by atoms with van der Waals surface area (Å²) in [6.45, 7) is 0.687. The molecule has 0 bridgehead atoms. The van der Waals surface area contributed by atoms with Crippen LogP contribution in [0, 0.1) is 17.7 Å². The van der Waals surface area contributed by atoms with Gasteiger partial charge >= 0.3 is 0 Å². The molecule has 4 N–H and O–H groups in total. The number of halogens is 1. The van der Waals surface area contributed by atoms with Crippen LogP contribution in [0.4, 0.5) is 10.1 Å². The average molecular weight is 481 g/mol. The number of hydrogen-bond acceptors (Lipinski definition) is 7. The van der Waals surface area contributed by atoms with E-state index in [1.165, 1.54) is 35.2 Å². The number of aromatic hydroxyl groups is 2. The van der Waals surface area contributed by atoms with Crippen LogP contribution in [0.3, 0.4) is 0 Å². The molecule has 182 valence electrons. The number of phenols is 2. The highest BCUT2D eigenvalue weighted by Crippen LogP contribution is 2.53. The first-order chi connectivity index (χ1) is 16.8. The molecule has 3 amide bonds. The van der Waals surface area contributed by atoms with E-state index in [0.717, 1.165) is 12.8 Å². The van der Waals surface area contributed by atoms with Gasteiger partial charge in [-0.2, -0.15) is 0 Å². The van der Waals surface area contributed by atoms with Crippen LogP contribution < -0.4 is 10.6 Å². The zero-order valence-electron chi connectivity index (χ0n) is 18.7. The highest BCUT2D eigenvalue weighted by atomic mass is 19.1. The van der Waals surface area contributed by atoms with Gasteiger partial charge in [0.25, 0.3) is 0 Å². The minimum absolute atomic E-state index is 0.116. The van der Waals surface area contributed by atoms with Gasteiger partial charge in [0.1, 0.15) is 11.4 Å². The number of imide groups is 1. The summed E-state index contributed by atoms with van der Waals surface area (Å²) in [7, 11) is 0. The molecule has 1 unspecified atom stereocenters. The molecule has 0 radical (unpaired) electrons. The molecule has 2 aromatic rings. The molecule has 2 aromatic carbocycles. The second-order valence-corrected chi connectivity index (χ2v) is 9.66. The van der Waals surface area contributed by atoms with Crippen molar-refractivity contribution in [3.8, 4) is 11.5 Å². The van der Waals surface area contributed by atoms with Crippen molar-refractivity contribution < 1.29 is 33.7 Å². The van der Waals surface area contributed by atoms with Crippen molar-refractivity contribution >= 4 is 23.4 Å². The van der Waals surface area contributed by atoms with E-state index >= 15 is 0 Å². The predicted molar refractivity (Wildman–Crippen MR) is 120 cm³/mol. The fourth-order valence-corrected chi connectivity index (χ4v) is 6.13. The van der Waals surface area contributed by atoms with Gasteiger partial charge in [0.05, 0.1) is 24.5 Å². The second-order valence-electron chi connectivity index (χ2n) is 9.66. The Morgan fingerprint density at radius 1 is 1.09 bits per heavy atom. The van der Waals surface area contributed by atoms with Crippen molar-refractivity contribution in [2.24, 2.45) is 11.8 Å². The molecule has 4 heterocycles. The van der Waals surface area contributed by atoms with Gasteiger partial charge in [-0.15, -0.1) is 0 Å². The van der Waals surface area contributed by atoms with Crippen LogP contribution in [0.1, 0.15) is 24.0 Å². The van der Waals surface area contributed by atoms with Crippen molar-refractivity contribution in [1.29, 1.82) is 0 Å². The quantitative estimate of drug-likeness (QED) is 0.384. The molecule has 0 saturated carbocycles. The van der Waals surface area contributed by atoms with Crippen LogP contribution in [0.25, 0.3) is 0 Å². The van der Waals surface area contributed by atoms with E-state index in [1.54, 1.807) is 6.07 Å². The normalized spacial score (nSPS) is 31.3. The Hall–Kier alpha value is -3.50. The Kier molecular flexibility index (Phi) is 4.87. The summed E-state index contributed by atoms with van der Waals surface area (Å²) >= 11 is 0. The largest absolute Gasteiger partial charge is 0.504 e. The number of likely N-dealkylation sites (tertiary alicyclic amines) is 1. The van der Waals surface area contributed by atoms with Gasteiger partial charge in [-0.3, -0.25) is 24.6 Å². The minimum atomic E-state index is -1.61. The molecule has 9 nitrogen and oxygen atoms in total. The van der Waals surface area contributed by atoms with Gasteiger partial charge < -0.3 is 20.3 Å².